The average Bonchev–Trinajstić information content (AvgIpc) is 2.48. The van der Waals surface area contributed by atoms with E-state index in [1.165, 1.54) is 37.8 Å². The third kappa shape index (κ3) is 4.20. The Hall–Kier alpha value is -1.09. The zero-order valence-corrected chi connectivity index (χ0v) is 12.4. The summed E-state index contributed by atoms with van der Waals surface area (Å²) in [5, 5.41) is 3.41. The molecule has 19 heavy (non-hydrogen) atoms. The zero-order valence-electron chi connectivity index (χ0n) is 12.4. The molecule has 3 heteroatoms. The van der Waals surface area contributed by atoms with E-state index in [0.717, 1.165) is 31.4 Å². The van der Waals surface area contributed by atoms with Gasteiger partial charge in [0.05, 0.1) is 0 Å². The number of hydrogen-bond donors (Lipinski definition) is 1. The van der Waals surface area contributed by atoms with E-state index in [4.69, 9.17) is 0 Å². The molecule has 0 bridgehead atoms. The number of nitrogens with one attached hydrogen (secondary N) is 1. The van der Waals surface area contributed by atoms with Gasteiger partial charge in [0.25, 0.3) is 0 Å². The third-order valence-corrected chi connectivity index (χ3v) is 3.99. The van der Waals surface area contributed by atoms with Gasteiger partial charge in [0.15, 0.2) is 0 Å². The van der Waals surface area contributed by atoms with Crippen LogP contribution in [0, 0.1) is 5.92 Å². The summed E-state index contributed by atoms with van der Waals surface area (Å²) in [7, 11) is 0. The number of nitrogens with zero attached hydrogens (tertiary/aromatic N) is 2. The maximum Gasteiger partial charge on any atom is 0.128 e. The number of anilines is 1. The van der Waals surface area contributed by atoms with Crippen molar-refractivity contribution in [3.63, 3.8) is 0 Å². The highest BCUT2D eigenvalue weighted by atomic mass is 15.2. The molecular weight excluding hydrogens is 234 g/mol. The normalized spacial score (nSPS) is 19.7. The van der Waals surface area contributed by atoms with Gasteiger partial charge in [-0.05, 0) is 43.4 Å². The van der Waals surface area contributed by atoms with E-state index >= 15 is 0 Å². The molecule has 0 radical (unpaired) electrons. The lowest BCUT2D eigenvalue weighted by atomic mass is 9.96. The highest BCUT2D eigenvalue weighted by Crippen LogP contribution is 2.23. The fraction of sp³-hybridized carbons (Fsp3) is 0.688. The molecule has 1 aliphatic rings. The van der Waals surface area contributed by atoms with Crippen molar-refractivity contribution in [3.8, 4) is 0 Å². The fourth-order valence-corrected chi connectivity index (χ4v) is 2.72. The second-order valence-corrected chi connectivity index (χ2v) is 5.56. The molecule has 1 aromatic heterocycles. The van der Waals surface area contributed by atoms with Crippen LogP contribution in [0.1, 0.15) is 45.1 Å². The molecule has 1 unspecified atom stereocenters. The van der Waals surface area contributed by atoms with Gasteiger partial charge in [-0.2, -0.15) is 0 Å². The van der Waals surface area contributed by atoms with Crippen molar-refractivity contribution in [2.24, 2.45) is 5.92 Å². The van der Waals surface area contributed by atoms with Crippen LogP contribution in [0.25, 0.3) is 0 Å². The van der Waals surface area contributed by atoms with E-state index in [-0.39, 0.29) is 0 Å². The van der Waals surface area contributed by atoms with Gasteiger partial charge in [0.2, 0.25) is 0 Å². The smallest absolute Gasteiger partial charge is 0.128 e. The number of pyridine rings is 1. The molecule has 1 fully saturated rings. The Morgan fingerprint density at radius 3 is 2.95 bits per heavy atom. The van der Waals surface area contributed by atoms with E-state index < -0.39 is 0 Å². The molecule has 2 rings (SSSR count). The molecule has 2 heterocycles. The molecule has 0 amide bonds. The molecule has 1 aliphatic heterocycles. The van der Waals surface area contributed by atoms with Crippen LogP contribution < -0.4 is 10.2 Å². The molecule has 1 N–H and O–H groups in total. The quantitative estimate of drug-likeness (QED) is 0.797. The maximum atomic E-state index is 4.64. The molecule has 1 saturated heterocycles. The molecule has 0 aliphatic carbocycles. The van der Waals surface area contributed by atoms with Gasteiger partial charge < -0.3 is 10.2 Å². The summed E-state index contributed by atoms with van der Waals surface area (Å²) in [6.45, 7) is 8.83. The highest BCUT2D eigenvalue weighted by molar-refractivity contribution is 5.39. The lowest BCUT2D eigenvalue weighted by Crippen LogP contribution is -2.35. The Kier molecular flexibility index (Phi) is 5.64. The van der Waals surface area contributed by atoms with Crippen LogP contribution in [0.5, 0.6) is 0 Å². The molecule has 0 saturated carbocycles. The minimum atomic E-state index is 0.849. The van der Waals surface area contributed by atoms with Crippen molar-refractivity contribution in [1.82, 2.24) is 10.3 Å². The van der Waals surface area contributed by atoms with Crippen molar-refractivity contribution in [2.75, 3.05) is 24.5 Å². The summed E-state index contributed by atoms with van der Waals surface area (Å²) in [5.74, 6) is 2.00. The Bertz CT molecular complexity index is 361. The first-order chi connectivity index (χ1) is 9.33. The van der Waals surface area contributed by atoms with Gasteiger partial charge in [-0.1, -0.05) is 26.3 Å². The first-order valence-corrected chi connectivity index (χ1v) is 7.74. The molecule has 1 aromatic rings. The lowest BCUT2D eigenvalue weighted by molar-refractivity contribution is 0.403. The molecule has 106 valence electrons. The SMILES string of the molecule is CCCNCc1ccc(N2CCCC(CC)C2)nc1. The van der Waals surface area contributed by atoms with Crippen LogP contribution in [-0.2, 0) is 6.54 Å². The molecule has 3 nitrogen and oxygen atoms in total. The topological polar surface area (TPSA) is 28.2 Å². The second-order valence-electron chi connectivity index (χ2n) is 5.56. The van der Waals surface area contributed by atoms with E-state index in [0.29, 0.717) is 0 Å². The largest absolute Gasteiger partial charge is 0.356 e. The minimum Gasteiger partial charge on any atom is -0.356 e. The van der Waals surface area contributed by atoms with Crippen molar-refractivity contribution in [3.05, 3.63) is 23.9 Å². The molecule has 1 atom stereocenters. The summed E-state index contributed by atoms with van der Waals surface area (Å²) in [6, 6.07) is 4.39. The number of hydrogen-bond acceptors (Lipinski definition) is 3. The number of aromatic nitrogens is 1. The number of piperidine rings is 1. The fourth-order valence-electron chi connectivity index (χ4n) is 2.72. The van der Waals surface area contributed by atoms with Crippen LogP contribution in [0.15, 0.2) is 18.3 Å². The van der Waals surface area contributed by atoms with Crippen LogP contribution in [0.2, 0.25) is 0 Å². The van der Waals surface area contributed by atoms with Crippen molar-refractivity contribution in [2.45, 2.75) is 46.1 Å². The summed E-state index contributed by atoms with van der Waals surface area (Å²) in [5.41, 5.74) is 1.28. The molecule has 0 aromatic carbocycles. The summed E-state index contributed by atoms with van der Waals surface area (Å²) < 4.78 is 0. The Morgan fingerprint density at radius 2 is 2.26 bits per heavy atom. The van der Waals surface area contributed by atoms with Crippen LogP contribution >= 0.6 is 0 Å². The van der Waals surface area contributed by atoms with Gasteiger partial charge in [0.1, 0.15) is 5.82 Å². The van der Waals surface area contributed by atoms with Gasteiger partial charge in [-0.15, -0.1) is 0 Å². The summed E-state index contributed by atoms with van der Waals surface area (Å²) in [6.07, 6.45) is 7.17. The third-order valence-electron chi connectivity index (χ3n) is 3.99. The minimum absolute atomic E-state index is 0.849. The Balaban J connectivity index is 1.90. The molecular formula is C16H27N3. The highest BCUT2D eigenvalue weighted by Gasteiger charge is 2.19. The van der Waals surface area contributed by atoms with Gasteiger partial charge in [-0.25, -0.2) is 4.98 Å². The van der Waals surface area contributed by atoms with Gasteiger partial charge in [0, 0.05) is 25.8 Å². The van der Waals surface area contributed by atoms with E-state index in [9.17, 15) is 0 Å². The van der Waals surface area contributed by atoms with Crippen molar-refractivity contribution >= 4 is 5.82 Å². The van der Waals surface area contributed by atoms with Crippen molar-refractivity contribution < 1.29 is 0 Å². The first kappa shape index (κ1) is 14.3. The van der Waals surface area contributed by atoms with Gasteiger partial charge >= 0.3 is 0 Å². The van der Waals surface area contributed by atoms with E-state index in [1.54, 1.807) is 0 Å². The maximum absolute atomic E-state index is 4.64. The van der Waals surface area contributed by atoms with Gasteiger partial charge in [-0.3, -0.25) is 0 Å². The van der Waals surface area contributed by atoms with Crippen molar-refractivity contribution in [1.29, 1.82) is 0 Å². The van der Waals surface area contributed by atoms with Crippen LogP contribution in [0.4, 0.5) is 5.82 Å². The standard InChI is InChI=1S/C16H27N3/c1-3-9-17-11-15-7-8-16(18-12-15)19-10-5-6-14(4-2)13-19/h7-8,12,14,17H,3-6,9-11,13H2,1-2H3. The lowest BCUT2D eigenvalue weighted by Gasteiger charge is -2.33. The predicted octanol–water partition coefficient (Wildman–Crippen LogP) is 3.21. The Morgan fingerprint density at radius 1 is 1.37 bits per heavy atom. The summed E-state index contributed by atoms with van der Waals surface area (Å²) >= 11 is 0. The van der Waals surface area contributed by atoms with E-state index in [1.807, 2.05) is 6.20 Å². The first-order valence-electron chi connectivity index (χ1n) is 7.74. The van der Waals surface area contributed by atoms with Crippen LogP contribution in [0.3, 0.4) is 0 Å². The number of rotatable bonds is 6. The predicted molar refractivity (Wildman–Crippen MR) is 81.5 cm³/mol. The second kappa shape index (κ2) is 7.49. The summed E-state index contributed by atoms with van der Waals surface area (Å²) in [4.78, 5) is 7.08. The average molecular weight is 261 g/mol. The monoisotopic (exact) mass is 261 g/mol. The Labute approximate surface area is 117 Å². The molecule has 0 spiro atoms. The van der Waals surface area contributed by atoms with E-state index in [2.05, 4.69) is 41.2 Å². The van der Waals surface area contributed by atoms with Crippen LogP contribution in [-0.4, -0.2) is 24.6 Å². The zero-order chi connectivity index (χ0) is 13.5.